The molecule has 5 rings (SSSR count). The summed E-state index contributed by atoms with van der Waals surface area (Å²) < 4.78 is 55.0. The molecule has 2 heterocycles. The molecule has 2 aromatic heterocycles. The van der Waals surface area contributed by atoms with Crippen LogP contribution in [0.1, 0.15) is 42.4 Å². The van der Waals surface area contributed by atoms with Crippen molar-refractivity contribution in [3.8, 4) is 17.1 Å². The lowest BCUT2D eigenvalue weighted by Gasteiger charge is -2.20. The third-order valence-corrected chi connectivity index (χ3v) is 6.70. The Labute approximate surface area is 250 Å². The number of fused-ring (bicyclic) bond motifs is 1. The number of benzene rings is 3. The number of anilines is 2. The summed E-state index contributed by atoms with van der Waals surface area (Å²) in [6.45, 7) is 4.34. The number of nitrogens with two attached hydrogens (primary N) is 2. The quantitative estimate of drug-likeness (QED) is 0.148. The van der Waals surface area contributed by atoms with E-state index in [0.717, 1.165) is 21.9 Å². The van der Waals surface area contributed by atoms with Crippen LogP contribution in [0.5, 0.6) is 5.75 Å². The zero-order chi connectivity index (χ0) is 32.2. The second-order valence-corrected chi connectivity index (χ2v) is 9.70. The topological polar surface area (TPSA) is 142 Å². The van der Waals surface area contributed by atoms with Crippen LogP contribution >= 0.6 is 0 Å². The summed E-state index contributed by atoms with van der Waals surface area (Å²) in [6, 6.07) is 20.3. The Kier molecular flexibility index (Phi) is 9.36. The molecule has 230 valence electrons. The van der Waals surface area contributed by atoms with Gasteiger partial charge in [0, 0.05) is 35.3 Å². The zero-order valence-corrected chi connectivity index (χ0v) is 24.1. The van der Waals surface area contributed by atoms with Gasteiger partial charge < -0.3 is 21.3 Å². The second-order valence-electron chi connectivity index (χ2n) is 9.70. The SMILES string of the molecule is CCOc1cc(F)c(C(c2cc3cc(N)ccc3c(N)n2)c2nc(-c3ccccc3)nn2C)cc1CC.O=C(O)C(F)(F)F. The largest absolute Gasteiger partial charge is 0.493 e. The molecule has 0 spiro atoms. The third-order valence-electron chi connectivity index (χ3n) is 6.70. The molecular weight excluding hydrogens is 580 g/mol. The number of carbonyl (C=O) groups is 1. The number of hydrogen-bond donors (Lipinski definition) is 3. The number of aromatic nitrogens is 4. The average Bonchev–Trinajstić information content (AvgIpc) is 3.35. The van der Waals surface area contributed by atoms with Crippen LogP contribution in [0.4, 0.5) is 29.1 Å². The molecule has 0 radical (unpaired) electrons. The number of aliphatic carboxylic acids is 1. The van der Waals surface area contributed by atoms with Crippen LogP contribution in [-0.2, 0) is 18.3 Å². The van der Waals surface area contributed by atoms with E-state index in [1.807, 2.05) is 68.4 Å². The monoisotopic (exact) mass is 610 g/mol. The first-order chi connectivity index (χ1) is 20.8. The molecule has 0 fully saturated rings. The number of carboxylic acid groups (broad SMARTS) is 1. The highest BCUT2D eigenvalue weighted by molar-refractivity contribution is 5.93. The van der Waals surface area contributed by atoms with E-state index in [1.54, 1.807) is 17.8 Å². The van der Waals surface area contributed by atoms with Gasteiger partial charge in [-0.05, 0) is 54.6 Å². The number of carboxylic acids is 1. The maximum absolute atomic E-state index is 15.8. The zero-order valence-electron chi connectivity index (χ0n) is 24.1. The molecule has 5 aromatic rings. The Hall–Kier alpha value is -5.20. The van der Waals surface area contributed by atoms with Crippen LogP contribution < -0.4 is 16.2 Å². The number of rotatable bonds is 7. The number of pyridine rings is 1. The molecule has 0 saturated heterocycles. The lowest BCUT2D eigenvalue weighted by Crippen LogP contribution is -2.21. The van der Waals surface area contributed by atoms with Gasteiger partial charge in [-0.2, -0.15) is 18.3 Å². The Balaban J connectivity index is 0.000000566. The van der Waals surface area contributed by atoms with E-state index < -0.39 is 23.9 Å². The van der Waals surface area contributed by atoms with Crippen molar-refractivity contribution in [3.05, 3.63) is 95.2 Å². The summed E-state index contributed by atoms with van der Waals surface area (Å²) in [5.41, 5.74) is 15.8. The molecule has 0 bridgehead atoms. The van der Waals surface area contributed by atoms with Gasteiger partial charge in [-0.3, -0.25) is 4.68 Å². The minimum atomic E-state index is -5.08. The summed E-state index contributed by atoms with van der Waals surface area (Å²) in [7, 11) is 1.80. The third kappa shape index (κ3) is 6.88. The predicted molar refractivity (Wildman–Crippen MR) is 159 cm³/mol. The van der Waals surface area contributed by atoms with Crippen LogP contribution in [0.25, 0.3) is 22.2 Å². The summed E-state index contributed by atoms with van der Waals surface area (Å²) in [5.74, 6) is -1.89. The van der Waals surface area contributed by atoms with Crippen molar-refractivity contribution in [2.24, 2.45) is 7.05 Å². The lowest BCUT2D eigenvalue weighted by atomic mass is 9.90. The van der Waals surface area contributed by atoms with Gasteiger partial charge in [0.05, 0.1) is 18.2 Å². The summed E-state index contributed by atoms with van der Waals surface area (Å²) in [5, 5.41) is 13.4. The molecule has 0 aliphatic carbocycles. The number of ether oxygens (including phenoxy) is 1. The van der Waals surface area contributed by atoms with Crippen molar-refractivity contribution in [2.75, 3.05) is 18.1 Å². The van der Waals surface area contributed by atoms with E-state index in [-0.39, 0.29) is 0 Å². The van der Waals surface area contributed by atoms with Crippen LogP contribution in [0.2, 0.25) is 0 Å². The van der Waals surface area contributed by atoms with E-state index in [1.165, 1.54) is 6.07 Å². The standard InChI is InChI=1S/C29H29FN6O.C2HF3O2/c1-4-17-14-22(23(30)16-25(17)37-5-2)26(24-15-19-13-20(31)11-12-21(19)27(32)33-24)29-34-28(35-36(29)3)18-9-7-6-8-10-18;3-2(4,5)1(6)7/h6-16,26H,4-5,31H2,1-3H3,(H2,32,33);(H,6,7). The van der Waals surface area contributed by atoms with Gasteiger partial charge in [-0.15, -0.1) is 0 Å². The number of nitrogens with zero attached hydrogens (tertiary/aromatic N) is 4. The first-order valence-electron chi connectivity index (χ1n) is 13.5. The molecule has 0 amide bonds. The maximum Gasteiger partial charge on any atom is 0.490 e. The fourth-order valence-electron chi connectivity index (χ4n) is 4.67. The molecule has 5 N–H and O–H groups in total. The van der Waals surface area contributed by atoms with Crippen LogP contribution in [0.15, 0.2) is 66.7 Å². The summed E-state index contributed by atoms with van der Waals surface area (Å²) in [6.07, 6.45) is -4.41. The van der Waals surface area contributed by atoms with E-state index in [9.17, 15) is 13.2 Å². The average molecular weight is 611 g/mol. The Morgan fingerprint density at radius 2 is 1.70 bits per heavy atom. The Morgan fingerprint density at radius 1 is 1.02 bits per heavy atom. The smallest absolute Gasteiger partial charge is 0.490 e. The van der Waals surface area contributed by atoms with Gasteiger partial charge in [-0.25, -0.2) is 19.2 Å². The fourth-order valence-corrected chi connectivity index (χ4v) is 4.67. The van der Waals surface area contributed by atoms with Gasteiger partial charge >= 0.3 is 12.1 Å². The van der Waals surface area contributed by atoms with Crippen molar-refractivity contribution in [3.63, 3.8) is 0 Å². The van der Waals surface area contributed by atoms with Gasteiger partial charge in [0.2, 0.25) is 0 Å². The molecular formula is C31H30F4N6O3. The molecule has 0 aliphatic heterocycles. The minimum Gasteiger partial charge on any atom is -0.493 e. The highest BCUT2D eigenvalue weighted by Crippen LogP contribution is 2.38. The summed E-state index contributed by atoms with van der Waals surface area (Å²) >= 11 is 0. The first kappa shape index (κ1) is 31.7. The van der Waals surface area contributed by atoms with Gasteiger partial charge in [0.25, 0.3) is 0 Å². The summed E-state index contributed by atoms with van der Waals surface area (Å²) in [4.78, 5) is 18.5. The highest BCUT2D eigenvalue weighted by atomic mass is 19.4. The highest BCUT2D eigenvalue weighted by Gasteiger charge is 2.38. The molecule has 1 atom stereocenters. The van der Waals surface area contributed by atoms with E-state index >= 15 is 4.39 Å². The fraction of sp³-hybridized carbons (Fsp3) is 0.226. The van der Waals surface area contributed by atoms with Crippen LogP contribution in [-0.4, -0.2) is 43.6 Å². The number of halogens is 4. The molecule has 9 nitrogen and oxygen atoms in total. The maximum atomic E-state index is 15.8. The van der Waals surface area contributed by atoms with Crippen LogP contribution in [0, 0.1) is 5.82 Å². The van der Waals surface area contributed by atoms with E-state index in [0.29, 0.717) is 53.2 Å². The molecule has 44 heavy (non-hydrogen) atoms. The number of nitrogen functional groups attached to an aromatic ring is 2. The van der Waals surface area contributed by atoms with Crippen LogP contribution in [0.3, 0.4) is 0 Å². The van der Waals surface area contributed by atoms with Crippen molar-refractivity contribution < 1.29 is 32.2 Å². The van der Waals surface area contributed by atoms with Gasteiger partial charge in [0.15, 0.2) is 5.82 Å². The van der Waals surface area contributed by atoms with E-state index in [2.05, 4.69) is 5.10 Å². The van der Waals surface area contributed by atoms with Gasteiger partial charge in [0.1, 0.15) is 23.2 Å². The van der Waals surface area contributed by atoms with Gasteiger partial charge in [-0.1, -0.05) is 37.3 Å². The molecule has 0 aliphatic rings. The number of hydrogen-bond acceptors (Lipinski definition) is 7. The second kappa shape index (κ2) is 13.0. The van der Waals surface area contributed by atoms with Crippen molar-refractivity contribution in [1.82, 2.24) is 19.7 Å². The molecule has 3 aromatic carbocycles. The minimum absolute atomic E-state index is 0.338. The normalized spacial score (nSPS) is 12.0. The first-order valence-corrected chi connectivity index (χ1v) is 13.5. The predicted octanol–water partition coefficient (Wildman–Crippen LogP) is 6.11. The van der Waals surface area contributed by atoms with Crippen molar-refractivity contribution in [2.45, 2.75) is 32.4 Å². The molecule has 13 heteroatoms. The Bertz CT molecular complexity index is 1790. The van der Waals surface area contributed by atoms with Crippen molar-refractivity contribution in [1.29, 1.82) is 0 Å². The van der Waals surface area contributed by atoms with Crippen molar-refractivity contribution >= 4 is 28.2 Å². The Morgan fingerprint density at radius 3 is 2.32 bits per heavy atom. The number of aryl methyl sites for hydroxylation is 2. The lowest BCUT2D eigenvalue weighted by molar-refractivity contribution is -0.192. The molecule has 0 saturated carbocycles. The van der Waals surface area contributed by atoms with E-state index in [4.69, 9.17) is 36.1 Å². The molecule has 1 unspecified atom stereocenters. The number of alkyl halides is 3.